The van der Waals surface area contributed by atoms with Gasteiger partial charge in [0.25, 0.3) is 0 Å². The molecule has 56 valence electrons. The molecule has 1 N–H and O–H groups in total. The molecule has 0 aromatic carbocycles. The van der Waals surface area contributed by atoms with Gasteiger partial charge in [-0.15, -0.1) is 0 Å². The van der Waals surface area contributed by atoms with Crippen LogP contribution in [0.15, 0.2) is 0 Å². The summed E-state index contributed by atoms with van der Waals surface area (Å²) in [5.74, 6) is 0. The molecule has 1 rings (SSSR count). The topological polar surface area (TPSA) is 12.0 Å². The monoisotopic (exact) mass is 167 g/mol. The fraction of sp³-hybridized carbons (Fsp3) is 1.00. The largest absolute Gasteiger partial charge is 1.00 e. The smallest absolute Gasteiger partial charge is 1.00 e. The van der Waals surface area contributed by atoms with Gasteiger partial charge in [0.15, 0.2) is 0 Å². The van der Waals surface area contributed by atoms with Crippen LogP contribution in [0.1, 0.15) is 27.1 Å². The molecule has 0 aliphatic carbocycles. The minimum atomic E-state index is -0.339. The summed E-state index contributed by atoms with van der Waals surface area (Å²) in [5.41, 5.74) is 0. The average molecular weight is 167 g/mol. The van der Waals surface area contributed by atoms with Crippen LogP contribution in [0, 0.1) is 0 Å². The first-order chi connectivity index (χ1) is 4.43. The van der Waals surface area contributed by atoms with Gasteiger partial charge in [-0.25, -0.2) is 0 Å². The van der Waals surface area contributed by atoms with Gasteiger partial charge in [0, 0.05) is 0 Å². The minimum Gasteiger partial charge on any atom is -1.00 e. The van der Waals surface area contributed by atoms with E-state index in [2.05, 4.69) is 4.65 Å². The molecule has 0 bridgehead atoms. The second kappa shape index (κ2) is 6.69. The molecule has 0 amide bonds. The number of rotatable bonds is 1. The van der Waals surface area contributed by atoms with Crippen molar-refractivity contribution in [3.05, 3.63) is 0 Å². The quantitative estimate of drug-likeness (QED) is 0.418. The van der Waals surface area contributed by atoms with Crippen LogP contribution in [0.3, 0.4) is 0 Å². The standard InChI is InChI=1S/C6H17NSi2.Li.H/c8-7-9-5-3-1-2-4-6-9;;/h7,9H,1-6H2,8H3;;/q;+1;-1. The van der Waals surface area contributed by atoms with Gasteiger partial charge in [0.1, 0.15) is 8.96 Å². The molecule has 0 aromatic rings. The molecule has 0 atom stereocenters. The number of hydrogen-bond donors (Lipinski definition) is 1. The molecule has 10 heavy (non-hydrogen) atoms. The number of nitrogens with one attached hydrogen (secondary N) is 1. The first-order valence-corrected chi connectivity index (χ1v) is 7.32. The second-order valence-corrected chi connectivity index (χ2v) is 7.84. The maximum atomic E-state index is 3.62. The summed E-state index contributed by atoms with van der Waals surface area (Å²) >= 11 is 0. The predicted molar refractivity (Wildman–Crippen MR) is 49.4 cm³/mol. The zero-order valence-electron chi connectivity index (χ0n) is 8.32. The molecule has 1 saturated heterocycles. The third-order valence-corrected chi connectivity index (χ3v) is 7.74. The maximum Gasteiger partial charge on any atom is 1.00 e. The molecule has 1 nitrogen and oxygen atoms in total. The molecule has 4 heteroatoms. The van der Waals surface area contributed by atoms with E-state index >= 15 is 0 Å². The van der Waals surface area contributed by atoms with E-state index in [1.54, 1.807) is 12.1 Å². The van der Waals surface area contributed by atoms with E-state index < -0.39 is 0 Å². The molecule has 1 aliphatic rings. The zero-order valence-corrected chi connectivity index (χ0v) is 10.5. The van der Waals surface area contributed by atoms with Crippen LogP contribution in [-0.4, -0.2) is 19.4 Å². The van der Waals surface area contributed by atoms with E-state index in [9.17, 15) is 0 Å². The van der Waals surface area contributed by atoms with Crippen LogP contribution >= 0.6 is 0 Å². The van der Waals surface area contributed by atoms with Crippen LogP contribution in [0.25, 0.3) is 0 Å². The molecule has 1 aliphatic heterocycles. The van der Waals surface area contributed by atoms with Gasteiger partial charge >= 0.3 is 18.9 Å². The zero-order chi connectivity index (χ0) is 6.53. The summed E-state index contributed by atoms with van der Waals surface area (Å²) in [6, 6.07) is 3.15. The van der Waals surface area contributed by atoms with Gasteiger partial charge in [-0.1, -0.05) is 25.7 Å². The van der Waals surface area contributed by atoms with Gasteiger partial charge < -0.3 is 6.07 Å². The Hall–Kier alpha value is 0.991. The van der Waals surface area contributed by atoms with Gasteiger partial charge in [0.2, 0.25) is 0 Å². The molecule has 0 aromatic heterocycles. The van der Waals surface area contributed by atoms with Crippen LogP contribution < -0.4 is 23.5 Å². The Bertz CT molecular complexity index is 79.0. The first-order valence-electron chi connectivity index (χ1n) is 4.11. The summed E-state index contributed by atoms with van der Waals surface area (Å²) < 4.78 is 3.62. The molecule has 1 heterocycles. The SMILES string of the molecule is [H-].[Li+].[SiH3]N[SiH]1CCCCCC1. The molecule has 0 radical (unpaired) electrons. The Morgan fingerprint density at radius 1 is 1.10 bits per heavy atom. The molecule has 1 fully saturated rings. The van der Waals surface area contributed by atoms with E-state index in [1.807, 2.05) is 0 Å². The molecule has 0 spiro atoms. The Kier molecular flexibility index (Phi) is 7.35. The van der Waals surface area contributed by atoms with Crippen molar-refractivity contribution in [1.82, 2.24) is 4.65 Å². The van der Waals surface area contributed by atoms with E-state index in [0.29, 0.717) is 0 Å². The number of hydrogen-bond acceptors (Lipinski definition) is 1. The Morgan fingerprint density at radius 2 is 1.60 bits per heavy atom. The van der Waals surface area contributed by atoms with Crippen molar-refractivity contribution in [1.29, 1.82) is 0 Å². The van der Waals surface area contributed by atoms with E-state index in [4.69, 9.17) is 0 Å². The Labute approximate surface area is 82.2 Å². The van der Waals surface area contributed by atoms with Gasteiger partial charge in [-0.2, -0.15) is 0 Å². The fourth-order valence-corrected chi connectivity index (χ4v) is 5.73. The van der Waals surface area contributed by atoms with E-state index in [0.717, 1.165) is 0 Å². The maximum absolute atomic E-state index is 3.62. The Balaban J connectivity index is 0. The van der Waals surface area contributed by atoms with Crippen LogP contribution in [0.4, 0.5) is 0 Å². The van der Waals surface area contributed by atoms with Crippen LogP contribution in [-0.2, 0) is 0 Å². The summed E-state index contributed by atoms with van der Waals surface area (Å²) in [7, 11) is 0.901. The van der Waals surface area contributed by atoms with Crippen LogP contribution in [0.2, 0.25) is 12.1 Å². The van der Waals surface area contributed by atoms with Crippen LogP contribution in [0.5, 0.6) is 0 Å². The van der Waals surface area contributed by atoms with Crippen molar-refractivity contribution in [3.63, 3.8) is 0 Å². The second-order valence-electron chi connectivity index (χ2n) is 2.98. The molecule has 0 saturated carbocycles. The molecular formula is C6H18LiNSi2. The summed E-state index contributed by atoms with van der Waals surface area (Å²) in [5, 5.41) is 0. The third kappa shape index (κ3) is 3.99. The summed E-state index contributed by atoms with van der Waals surface area (Å²) in [4.78, 5) is 0. The predicted octanol–water partition coefficient (Wildman–Crippen LogP) is -2.73. The normalized spacial score (nSPS) is 21.6. The van der Waals surface area contributed by atoms with Gasteiger partial charge in [0.05, 0.1) is 10.4 Å². The van der Waals surface area contributed by atoms with E-state index in [1.165, 1.54) is 36.1 Å². The summed E-state index contributed by atoms with van der Waals surface area (Å²) in [6.45, 7) is 0. The van der Waals surface area contributed by atoms with Crippen molar-refractivity contribution in [2.75, 3.05) is 0 Å². The third-order valence-electron chi connectivity index (χ3n) is 2.26. The van der Waals surface area contributed by atoms with Gasteiger partial charge in [-0.3, -0.25) is 0 Å². The van der Waals surface area contributed by atoms with Crippen molar-refractivity contribution < 1.29 is 20.3 Å². The minimum absolute atomic E-state index is 0. The van der Waals surface area contributed by atoms with Gasteiger partial charge in [-0.05, 0) is 12.1 Å². The average Bonchev–Trinajstić information content (AvgIpc) is 2.13. The van der Waals surface area contributed by atoms with Crippen molar-refractivity contribution in [3.8, 4) is 0 Å². The first kappa shape index (κ1) is 11.0. The van der Waals surface area contributed by atoms with Crippen molar-refractivity contribution in [2.45, 2.75) is 37.8 Å². The van der Waals surface area contributed by atoms with Crippen molar-refractivity contribution in [2.24, 2.45) is 0 Å². The summed E-state index contributed by atoms with van der Waals surface area (Å²) in [6.07, 6.45) is 6.05. The Morgan fingerprint density at radius 3 is 2.00 bits per heavy atom. The molecule has 0 unspecified atom stereocenters. The molecular weight excluding hydrogens is 149 g/mol. The van der Waals surface area contributed by atoms with E-state index in [-0.39, 0.29) is 29.2 Å². The fourth-order valence-electron chi connectivity index (χ4n) is 1.57. The van der Waals surface area contributed by atoms with Crippen molar-refractivity contribution >= 4 is 19.4 Å².